The Kier molecular flexibility index (Phi) is 62.3. The van der Waals surface area contributed by atoms with Crippen molar-refractivity contribution in [2.45, 2.75) is 297 Å². The van der Waals surface area contributed by atoms with Gasteiger partial charge in [-0.2, -0.15) is 0 Å². The number of carbonyl (C=O) groups excluding carboxylic acids is 3. The molecule has 1 atom stereocenters. The van der Waals surface area contributed by atoms with Gasteiger partial charge in [0.05, 0.1) is 6.42 Å². The lowest BCUT2D eigenvalue weighted by molar-refractivity contribution is -0.166. The van der Waals surface area contributed by atoms with Crippen molar-refractivity contribution in [3.05, 3.63) is 134 Å². The monoisotopic (exact) mass is 1090 g/mol. The van der Waals surface area contributed by atoms with Crippen LogP contribution in [0.2, 0.25) is 0 Å². The van der Waals surface area contributed by atoms with Gasteiger partial charge in [0.25, 0.3) is 0 Å². The average Bonchev–Trinajstić information content (AvgIpc) is 3.45. The number of esters is 3. The molecule has 0 saturated heterocycles. The third-order valence-corrected chi connectivity index (χ3v) is 13.7. The van der Waals surface area contributed by atoms with Crippen molar-refractivity contribution in [3.8, 4) is 0 Å². The molecular weight excluding hydrogens is 973 g/mol. The summed E-state index contributed by atoms with van der Waals surface area (Å²) < 4.78 is 16.8. The number of hydrogen-bond acceptors (Lipinski definition) is 6. The van der Waals surface area contributed by atoms with Gasteiger partial charge >= 0.3 is 17.9 Å². The third kappa shape index (κ3) is 64.3. The molecule has 0 aliphatic carbocycles. The highest BCUT2D eigenvalue weighted by Gasteiger charge is 2.19. The zero-order valence-electron chi connectivity index (χ0n) is 51.3. The Balaban J connectivity index is 4.42. The summed E-state index contributed by atoms with van der Waals surface area (Å²) in [5, 5.41) is 0. The Hall–Kier alpha value is -4.45. The summed E-state index contributed by atoms with van der Waals surface area (Å²) in [6.45, 7) is 6.32. The van der Waals surface area contributed by atoms with Gasteiger partial charge in [-0.1, -0.05) is 289 Å². The van der Waals surface area contributed by atoms with Gasteiger partial charge < -0.3 is 14.2 Å². The van der Waals surface area contributed by atoms with E-state index in [1.54, 1.807) is 6.08 Å². The minimum absolute atomic E-state index is 0.114. The van der Waals surface area contributed by atoms with Crippen LogP contribution < -0.4 is 0 Å². The highest BCUT2D eigenvalue weighted by Crippen LogP contribution is 2.16. The topological polar surface area (TPSA) is 78.9 Å². The molecule has 0 heterocycles. The Bertz CT molecular complexity index is 1680. The average molecular weight is 1090 g/mol. The second-order valence-electron chi connectivity index (χ2n) is 21.3. The van der Waals surface area contributed by atoms with E-state index < -0.39 is 12.1 Å². The Morgan fingerprint density at radius 3 is 0.886 bits per heavy atom. The number of rotatable bonds is 58. The quantitative estimate of drug-likeness (QED) is 0.0261. The summed E-state index contributed by atoms with van der Waals surface area (Å²) in [5.74, 6) is -1.05. The molecule has 448 valence electrons. The van der Waals surface area contributed by atoms with Crippen LogP contribution in [0, 0.1) is 0 Å². The summed E-state index contributed by atoms with van der Waals surface area (Å²) in [7, 11) is 0. The second-order valence-corrected chi connectivity index (χ2v) is 21.3. The van der Waals surface area contributed by atoms with E-state index in [9.17, 15) is 14.4 Å². The molecule has 0 aromatic heterocycles. The number of unbranched alkanes of at least 4 members (excludes halogenated alkanes) is 26. The van der Waals surface area contributed by atoms with Gasteiger partial charge in [0.1, 0.15) is 13.2 Å². The molecule has 0 aliphatic heterocycles. The van der Waals surface area contributed by atoms with E-state index in [-0.39, 0.29) is 31.6 Å². The maximum Gasteiger partial charge on any atom is 0.309 e. The first-order valence-electron chi connectivity index (χ1n) is 32.7. The molecule has 0 aromatic rings. The van der Waals surface area contributed by atoms with E-state index in [4.69, 9.17) is 14.2 Å². The number of allylic oxidation sites excluding steroid dienone is 21. The molecule has 0 aromatic carbocycles. The highest BCUT2D eigenvalue weighted by molar-refractivity contribution is 5.72. The van der Waals surface area contributed by atoms with Gasteiger partial charge in [0.2, 0.25) is 0 Å². The largest absolute Gasteiger partial charge is 0.462 e. The molecule has 0 bridgehead atoms. The minimum atomic E-state index is -0.829. The summed E-state index contributed by atoms with van der Waals surface area (Å²) in [5.41, 5.74) is 0. The van der Waals surface area contributed by atoms with Crippen LogP contribution in [0.15, 0.2) is 134 Å². The molecule has 0 saturated carbocycles. The predicted molar refractivity (Wildman–Crippen MR) is 343 cm³/mol. The van der Waals surface area contributed by atoms with Gasteiger partial charge in [0.15, 0.2) is 6.10 Å². The summed E-state index contributed by atoms with van der Waals surface area (Å²) >= 11 is 0. The van der Waals surface area contributed by atoms with Crippen molar-refractivity contribution in [1.82, 2.24) is 0 Å². The standard InChI is InChI=1S/C73H120O6/c1-4-7-10-13-16-19-22-25-28-30-32-34-35-36-37-39-40-42-45-48-51-54-57-60-63-66-72(75)78-69-70(68-77-71(74)65-62-59-56-53-50-47-44-27-24-21-18-15-12-9-6-3)79-73(76)67-64-61-58-55-52-49-46-43-41-38-33-31-29-26-23-20-17-14-11-8-5-2/h8-9,11-12,17-18,20-22,25-27,29-30,32-33,38,44,50,53,59,62,70H,4-7,10,13-16,19,23-24,28,31,34-37,39-43,45-49,51-52,54-58,60-61,63-69H2,1-3H3/b11-8-,12-9-,20-17-,21-18-,25-22-,29-26-,32-30-,38-33-,44-27-,53-50-,62-59-. The molecular formula is C73H120O6. The van der Waals surface area contributed by atoms with Gasteiger partial charge in [-0.25, -0.2) is 0 Å². The van der Waals surface area contributed by atoms with Crippen LogP contribution in [0.25, 0.3) is 0 Å². The highest BCUT2D eigenvalue weighted by atomic mass is 16.6. The lowest BCUT2D eigenvalue weighted by Crippen LogP contribution is -2.30. The first-order valence-corrected chi connectivity index (χ1v) is 32.7. The van der Waals surface area contributed by atoms with Crippen LogP contribution in [-0.2, 0) is 28.6 Å². The zero-order valence-corrected chi connectivity index (χ0v) is 51.3. The molecule has 0 fully saturated rings. The fourth-order valence-electron chi connectivity index (χ4n) is 8.83. The van der Waals surface area contributed by atoms with Crippen molar-refractivity contribution in [1.29, 1.82) is 0 Å². The van der Waals surface area contributed by atoms with Crippen LogP contribution >= 0.6 is 0 Å². The molecule has 1 unspecified atom stereocenters. The Morgan fingerprint density at radius 2 is 0.544 bits per heavy atom. The summed E-state index contributed by atoms with van der Waals surface area (Å²) in [6, 6.07) is 0. The van der Waals surface area contributed by atoms with Crippen molar-refractivity contribution < 1.29 is 28.6 Å². The number of carbonyl (C=O) groups is 3. The van der Waals surface area contributed by atoms with E-state index in [1.807, 2.05) is 6.08 Å². The van der Waals surface area contributed by atoms with Crippen LogP contribution in [-0.4, -0.2) is 37.2 Å². The molecule has 0 spiro atoms. The Labute approximate surface area is 487 Å². The van der Waals surface area contributed by atoms with Crippen molar-refractivity contribution in [2.24, 2.45) is 0 Å². The second kappa shape index (κ2) is 66.1. The minimum Gasteiger partial charge on any atom is -0.462 e. The first-order chi connectivity index (χ1) is 39.0. The van der Waals surface area contributed by atoms with Crippen molar-refractivity contribution >= 4 is 17.9 Å². The van der Waals surface area contributed by atoms with Crippen LogP contribution in [0.4, 0.5) is 0 Å². The molecule has 0 amide bonds. The van der Waals surface area contributed by atoms with Gasteiger partial charge in [-0.05, 0) is 116 Å². The first kappa shape index (κ1) is 74.5. The third-order valence-electron chi connectivity index (χ3n) is 13.7. The molecule has 0 rings (SSSR count). The van der Waals surface area contributed by atoms with Crippen LogP contribution in [0.3, 0.4) is 0 Å². The molecule has 0 N–H and O–H groups in total. The van der Waals surface area contributed by atoms with Gasteiger partial charge in [0, 0.05) is 12.8 Å². The van der Waals surface area contributed by atoms with Crippen LogP contribution in [0.5, 0.6) is 0 Å². The fourth-order valence-corrected chi connectivity index (χ4v) is 8.83. The van der Waals surface area contributed by atoms with E-state index in [1.165, 1.54) is 141 Å². The zero-order chi connectivity index (χ0) is 57.1. The molecule has 0 aliphatic rings. The maximum absolute atomic E-state index is 12.9. The molecule has 0 radical (unpaired) electrons. The van der Waals surface area contributed by atoms with Crippen molar-refractivity contribution in [2.75, 3.05) is 13.2 Å². The smallest absolute Gasteiger partial charge is 0.309 e. The summed E-state index contributed by atoms with van der Waals surface area (Å²) in [4.78, 5) is 38.3. The molecule has 6 heteroatoms. The predicted octanol–water partition coefficient (Wildman–Crippen LogP) is 22.5. The number of ether oxygens (including phenoxy) is 3. The van der Waals surface area contributed by atoms with E-state index >= 15 is 0 Å². The molecule has 79 heavy (non-hydrogen) atoms. The van der Waals surface area contributed by atoms with Crippen molar-refractivity contribution in [3.63, 3.8) is 0 Å². The van der Waals surface area contributed by atoms with E-state index in [0.29, 0.717) is 12.8 Å². The van der Waals surface area contributed by atoms with E-state index in [2.05, 4.69) is 142 Å². The lowest BCUT2D eigenvalue weighted by atomic mass is 10.0. The number of hydrogen-bond donors (Lipinski definition) is 0. The molecule has 6 nitrogen and oxygen atoms in total. The normalized spacial score (nSPS) is 13.0. The SMILES string of the molecule is CC/C=C\C/C=C\C/C=C\C/C=C\C/C=C\CC(=O)OCC(COC(=O)CCCCCCCCCCCCCCC/C=C\C/C=C\CCCCCCC)OC(=O)CCCCCCCCCC/C=C\C/C=C\C/C=C\C/C=C\CC. The fraction of sp³-hybridized carbons (Fsp3) is 0.658. The van der Waals surface area contributed by atoms with Gasteiger partial charge in [-0.15, -0.1) is 0 Å². The summed E-state index contributed by atoms with van der Waals surface area (Å²) in [6.07, 6.45) is 93.4. The van der Waals surface area contributed by atoms with Crippen LogP contribution in [0.1, 0.15) is 290 Å². The van der Waals surface area contributed by atoms with E-state index in [0.717, 1.165) is 109 Å². The Morgan fingerprint density at radius 1 is 0.278 bits per heavy atom. The maximum atomic E-state index is 12.9. The lowest BCUT2D eigenvalue weighted by Gasteiger charge is -2.18. The van der Waals surface area contributed by atoms with Gasteiger partial charge in [-0.3, -0.25) is 14.4 Å².